The minimum atomic E-state index is -0.446. The Hall–Kier alpha value is -3.50. The zero-order valence-corrected chi connectivity index (χ0v) is 20.6. The molecule has 1 unspecified atom stereocenters. The average molecular weight is 495 g/mol. The van der Waals surface area contributed by atoms with Gasteiger partial charge in [-0.15, -0.1) is 11.3 Å². The number of nitro groups is 1. The summed E-state index contributed by atoms with van der Waals surface area (Å²) < 4.78 is 18.2. The zero-order chi connectivity index (χ0) is 24.5. The normalized spacial score (nSPS) is 17.6. The Morgan fingerprint density at radius 1 is 1.14 bits per heavy atom. The van der Waals surface area contributed by atoms with Crippen molar-refractivity contribution in [3.05, 3.63) is 66.8 Å². The molecule has 2 aliphatic heterocycles. The first-order chi connectivity index (χ1) is 16.9. The highest BCUT2D eigenvalue weighted by molar-refractivity contribution is 7.07. The maximum Gasteiger partial charge on any atom is 0.282 e. The predicted octanol–water partition coefficient (Wildman–Crippen LogP) is 4.74. The summed E-state index contributed by atoms with van der Waals surface area (Å²) >= 11 is 1.49. The Labute approximate surface area is 206 Å². The van der Waals surface area contributed by atoms with Gasteiger partial charge in [-0.2, -0.15) is 5.10 Å². The van der Waals surface area contributed by atoms with Gasteiger partial charge in [-0.05, 0) is 62.4 Å². The Morgan fingerprint density at radius 2 is 1.91 bits per heavy atom. The molecule has 3 aromatic rings. The van der Waals surface area contributed by atoms with Gasteiger partial charge in [0, 0.05) is 17.6 Å². The van der Waals surface area contributed by atoms with Gasteiger partial charge in [-0.1, -0.05) is 6.07 Å². The van der Waals surface area contributed by atoms with Crippen molar-refractivity contribution in [2.45, 2.75) is 39.7 Å². The first-order valence-electron chi connectivity index (χ1n) is 11.4. The van der Waals surface area contributed by atoms with Crippen LogP contribution in [0.2, 0.25) is 0 Å². The van der Waals surface area contributed by atoms with Crippen molar-refractivity contribution < 1.29 is 19.1 Å². The maximum atomic E-state index is 11.7. The van der Waals surface area contributed by atoms with Crippen LogP contribution in [0.5, 0.6) is 11.5 Å². The molecule has 1 aromatic heterocycles. The van der Waals surface area contributed by atoms with E-state index in [2.05, 4.69) is 38.0 Å². The molecule has 1 atom stereocenters. The van der Waals surface area contributed by atoms with Crippen LogP contribution in [0.15, 0.2) is 39.7 Å². The molecule has 9 nitrogen and oxygen atoms in total. The lowest BCUT2D eigenvalue weighted by atomic mass is 9.99. The molecular weight excluding hydrogens is 468 g/mol. The van der Waals surface area contributed by atoms with Crippen LogP contribution in [0.4, 0.5) is 5.69 Å². The third-order valence-electron chi connectivity index (χ3n) is 6.29. The molecule has 182 valence electrons. The van der Waals surface area contributed by atoms with E-state index in [0.29, 0.717) is 28.4 Å². The second-order valence-corrected chi connectivity index (χ2v) is 9.54. The minimum absolute atomic E-state index is 0.0365. The van der Waals surface area contributed by atoms with Crippen molar-refractivity contribution in [3.63, 3.8) is 0 Å². The third-order valence-corrected chi connectivity index (χ3v) is 7.14. The fraction of sp³-hybridized carbons (Fsp3) is 0.360. The molecule has 0 aliphatic carbocycles. The fourth-order valence-electron chi connectivity index (χ4n) is 4.24. The fourth-order valence-corrected chi connectivity index (χ4v) is 5.08. The number of nitro benzene ring substituents is 1. The van der Waals surface area contributed by atoms with Gasteiger partial charge >= 0.3 is 0 Å². The molecule has 0 saturated carbocycles. The number of nitrogens with zero attached hydrogens (tertiary/aromatic N) is 4. The van der Waals surface area contributed by atoms with Crippen molar-refractivity contribution >= 4 is 23.2 Å². The Morgan fingerprint density at radius 3 is 2.66 bits per heavy atom. The third kappa shape index (κ3) is 4.71. The number of hydrogen-bond donors (Lipinski definition) is 0. The largest absolute Gasteiger partial charge is 0.454 e. The van der Waals surface area contributed by atoms with Crippen LogP contribution in [-0.4, -0.2) is 41.9 Å². The SMILES string of the molecule is Cc1cc(C)c(-c2csc(=NCC3CCCO3)n2N=Cc2cc3c(cc2[N+](=O)[O-])OCO3)cc1C. The number of aryl methyl sites for hydroxylation is 3. The molecule has 0 spiro atoms. The highest BCUT2D eigenvalue weighted by atomic mass is 32.1. The lowest BCUT2D eigenvalue weighted by Crippen LogP contribution is -2.17. The minimum Gasteiger partial charge on any atom is -0.454 e. The molecule has 1 saturated heterocycles. The lowest BCUT2D eigenvalue weighted by molar-refractivity contribution is -0.385. The van der Waals surface area contributed by atoms with Crippen LogP contribution in [-0.2, 0) is 4.74 Å². The Bertz CT molecular complexity index is 1390. The second-order valence-electron chi connectivity index (χ2n) is 8.71. The van der Waals surface area contributed by atoms with Gasteiger partial charge in [-0.25, -0.2) is 4.68 Å². The highest BCUT2D eigenvalue weighted by Crippen LogP contribution is 2.37. The van der Waals surface area contributed by atoms with Gasteiger partial charge in [0.25, 0.3) is 5.69 Å². The van der Waals surface area contributed by atoms with Crippen molar-refractivity contribution in [3.8, 4) is 22.8 Å². The van der Waals surface area contributed by atoms with E-state index in [1.54, 1.807) is 10.7 Å². The van der Waals surface area contributed by atoms with Crippen molar-refractivity contribution in [2.24, 2.45) is 10.1 Å². The second kappa shape index (κ2) is 9.63. The van der Waals surface area contributed by atoms with Gasteiger partial charge < -0.3 is 14.2 Å². The van der Waals surface area contributed by atoms with Crippen molar-refractivity contribution in [2.75, 3.05) is 19.9 Å². The van der Waals surface area contributed by atoms with Crippen molar-refractivity contribution in [1.29, 1.82) is 0 Å². The molecule has 5 rings (SSSR count). The summed E-state index contributed by atoms with van der Waals surface area (Å²) in [5.41, 5.74) is 5.66. The van der Waals surface area contributed by atoms with Gasteiger partial charge in [0.1, 0.15) is 0 Å². The molecule has 2 aromatic carbocycles. The van der Waals surface area contributed by atoms with E-state index in [4.69, 9.17) is 19.2 Å². The van der Waals surface area contributed by atoms with Crippen LogP contribution in [0.25, 0.3) is 11.3 Å². The summed E-state index contributed by atoms with van der Waals surface area (Å²) in [5.74, 6) is 0.816. The molecular formula is C25H26N4O5S. The van der Waals surface area contributed by atoms with Gasteiger partial charge in [0.15, 0.2) is 11.5 Å². The highest BCUT2D eigenvalue weighted by Gasteiger charge is 2.23. The number of aromatic nitrogens is 1. The number of fused-ring (bicyclic) bond motifs is 1. The standard InChI is InChI=1S/C25H26N4O5S/c1-15-7-17(3)20(8-16(15)2)22-13-35-25(26-12-19-5-4-6-32-19)28(22)27-11-18-9-23-24(34-14-33-23)10-21(18)29(30)31/h7-11,13,19H,4-6,12,14H2,1-3H3. The Balaban J connectivity index is 1.61. The summed E-state index contributed by atoms with van der Waals surface area (Å²) in [6.45, 7) is 7.59. The topological polar surface area (TPSA) is 100 Å². The molecule has 0 bridgehead atoms. The molecule has 2 aliphatic rings. The smallest absolute Gasteiger partial charge is 0.282 e. The molecule has 1 fully saturated rings. The number of hydrogen-bond acceptors (Lipinski definition) is 8. The van der Waals surface area contributed by atoms with Crippen LogP contribution in [0.3, 0.4) is 0 Å². The molecule has 35 heavy (non-hydrogen) atoms. The van der Waals surface area contributed by atoms with Crippen LogP contribution in [0, 0.1) is 30.9 Å². The average Bonchev–Trinajstić information content (AvgIpc) is 3.58. The van der Waals surface area contributed by atoms with Gasteiger partial charge in [0.05, 0.1) is 41.1 Å². The monoisotopic (exact) mass is 494 g/mol. The summed E-state index contributed by atoms with van der Waals surface area (Å²) in [6.07, 6.45) is 3.63. The van der Waals surface area contributed by atoms with Crippen LogP contribution >= 0.6 is 11.3 Å². The summed E-state index contributed by atoms with van der Waals surface area (Å²) in [6, 6.07) is 7.26. The van der Waals surface area contributed by atoms with E-state index in [1.165, 1.54) is 34.7 Å². The summed E-state index contributed by atoms with van der Waals surface area (Å²) in [7, 11) is 0. The summed E-state index contributed by atoms with van der Waals surface area (Å²) in [5, 5.41) is 18.4. The maximum absolute atomic E-state index is 11.7. The molecule has 0 radical (unpaired) electrons. The van der Waals surface area contributed by atoms with Crippen molar-refractivity contribution in [1.82, 2.24) is 4.68 Å². The van der Waals surface area contributed by atoms with Crippen LogP contribution in [0.1, 0.15) is 35.1 Å². The van der Waals surface area contributed by atoms with Crippen LogP contribution < -0.4 is 14.3 Å². The first kappa shape index (κ1) is 23.3. The molecule has 0 N–H and O–H groups in total. The number of rotatable bonds is 6. The molecule has 3 heterocycles. The predicted molar refractivity (Wildman–Crippen MR) is 134 cm³/mol. The van der Waals surface area contributed by atoms with E-state index < -0.39 is 4.92 Å². The molecule has 0 amide bonds. The quantitative estimate of drug-likeness (QED) is 0.280. The Kier molecular flexibility index (Phi) is 6.40. The number of thiazole rings is 1. The lowest BCUT2D eigenvalue weighted by Gasteiger charge is -2.11. The van der Waals surface area contributed by atoms with E-state index in [0.717, 1.165) is 36.3 Å². The van der Waals surface area contributed by atoms with E-state index >= 15 is 0 Å². The van der Waals surface area contributed by atoms with E-state index in [9.17, 15) is 10.1 Å². The van der Waals surface area contributed by atoms with E-state index in [1.807, 2.05) is 5.38 Å². The van der Waals surface area contributed by atoms with Gasteiger partial charge in [0.2, 0.25) is 11.6 Å². The first-order valence-corrected chi connectivity index (χ1v) is 12.3. The number of ether oxygens (including phenoxy) is 3. The van der Waals surface area contributed by atoms with Gasteiger partial charge in [-0.3, -0.25) is 15.1 Å². The summed E-state index contributed by atoms with van der Waals surface area (Å²) in [4.78, 5) is 16.8. The molecule has 10 heteroatoms. The number of benzene rings is 2. The zero-order valence-electron chi connectivity index (χ0n) is 19.8. The van der Waals surface area contributed by atoms with E-state index in [-0.39, 0.29) is 18.6 Å².